The predicted molar refractivity (Wildman–Crippen MR) is 252 cm³/mol. The van der Waals surface area contributed by atoms with E-state index in [0.29, 0.717) is 5.82 Å². The zero-order chi connectivity index (χ0) is 40.6. The van der Waals surface area contributed by atoms with Gasteiger partial charge in [0.25, 0.3) is 0 Å². The van der Waals surface area contributed by atoms with Gasteiger partial charge in [-0.25, -0.2) is 9.97 Å². The first-order valence-electron chi connectivity index (χ1n) is 20.9. The smallest absolute Gasteiger partial charge is 0.160 e. The van der Waals surface area contributed by atoms with Gasteiger partial charge in [-0.3, -0.25) is 0 Å². The molecule has 11 rings (SSSR count). The fourth-order valence-electron chi connectivity index (χ4n) is 9.33. The molecule has 1 heterocycles. The van der Waals surface area contributed by atoms with Crippen molar-refractivity contribution in [2.45, 2.75) is 5.41 Å². The monoisotopic (exact) mass is 776 g/mol. The van der Waals surface area contributed by atoms with Crippen molar-refractivity contribution in [3.63, 3.8) is 0 Å². The highest BCUT2D eigenvalue weighted by Crippen LogP contribution is 2.58. The van der Waals surface area contributed by atoms with E-state index >= 15 is 0 Å². The van der Waals surface area contributed by atoms with Crippen LogP contribution in [0.25, 0.3) is 78.4 Å². The van der Waals surface area contributed by atoms with Gasteiger partial charge in [0.15, 0.2) is 5.82 Å². The van der Waals surface area contributed by atoms with Crippen LogP contribution in [0.5, 0.6) is 0 Å². The van der Waals surface area contributed by atoms with Crippen LogP contribution in [0.3, 0.4) is 0 Å². The van der Waals surface area contributed by atoms with Gasteiger partial charge in [0.1, 0.15) is 0 Å². The lowest BCUT2D eigenvalue weighted by Crippen LogP contribution is -2.28. The standard InChI is InChI=1S/C59H40N2/c1-6-18-41(19-7-1)42-30-32-44(33-31-42)52-39-55-53(50-28-16-17-29-54(50)59(55,48-24-12-4-13-25-48)49-26-14-5-15-27-49)38-51(52)43-34-36-46(37-35-43)57-40-56(45-20-8-2-9-21-45)60-58(61-57)47-22-10-3-11-23-47/h1-40H. The maximum atomic E-state index is 5.13. The molecule has 0 unspecified atom stereocenters. The Kier molecular flexibility index (Phi) is 9.09. The van der Waals surface area contributed by atoms with Gasteiger partial charge in [-0.15, -0.1) is 0 Å². The topological polar surface area (TPSA) is 25.8 Å². The first-order valence-corrected chi connectivity index (χ1v) is 20.9. The lowest BCUT2D eigenvalue weighted by molar-refractivity contribution is 0.769. The fourth-order valence-corrected chi connectivity index (χ4v) is 9.33. The zero-order valence-electron chi connectivity index (χ0n) is 33.5. The van der Waals surface area contributed by atoms with Crippen molar-refractivity contribution in [2.75, 3.05) is 0 Å². The van der Waals surface area contributed by atoms with E-state index in [9.17, 15) is 0 Å². The SMILES string of the molecule is c1ccc(-c2ccc(-c3cc4c(cc3-c3ccc(-c5cc(-c6ccccc6)nc(-c6ccccc6)n5)cc3)-c3ccccc3C4(c3ccccc3)c3ccccc3)cc2)cc1. The summed E-state index contributed by atoms with van der Waals surface area (Å²) in [4.78, 5) is 10.2. The van der Waals surface area contributed by atoms with E-state index in [1.807, 2.05) is 24.3 Å². The summed E-state index contributed by atoms with van der Waals surface area (Å²) >= 11 is 0. The molecule has 0 N–H and O–H groups in total. The first kappa shape index (κ1) is 36.2. The lowest BCUT2D eigenvalue weighted by Gasteiger charge is -2.34. The minimum Gasteiger partial charge on any atom is -0.228 e. The Morgan fingerprint density at radius 2 is 0.639 bits per heavy atom. The molecule has 286 valence electrons. The van der Waals surface area contributed by atoms with Crippen molar-refractivity contribution in [3.8, 4) is 78.4 Å². The molecule has 2 heteroatoms. The predicted octanol–water partition coefficient (Wildman–Crippen LogP) is 14.8. The van der Waals surface area contributed by atoms with E-state index in [1.54, 1.807) is 0 Å². The Morgan fingerprint density at radius 3 is 1.20 bits per heavy atom. The van der Waals surface area contributed by atoms with Crippen molar-refractivity contribution in [1.29, 1.82) is 0 Å². The third-order valence-corrected chi connectivity index (χ3v) is 12.2. The second-order valence-electron chi connectivity index (χ2n) is 15.7. The third-order valence-electron chi connectivity index (χ3n) is 12.2. The minimum atomic E-state index is -0.504. The van der Waals surface area contributed by atoms with Gasteiger partial charge < -0.3 is 0 Å². The van der Waals surface area contributed by atoms with Crippen molar-refractivity contribution >= 4 is 0 Å². The minimum absolute atomic E-state index is 0.504. The molecule has 0 radical (unpaired) electrons. The summed E-state index contributed by atoms with van der Waals surface area (Å²) in [5.41, 5.74) is 19.1. The second-order valence-corrected chi connectivity index (χ2v) is 15.7. The molecule has 0 saturated carbocycles. The molecule has 10 aromatic rings. The maximum Gasteiger partial charge on any atom is 0.160 e. The van der Waals surface area contributed by atoms with Crippen LogP contribution >= 0.6 is 0 Å². The molecule has 1 aliphatic carbocycles. The fraction of sp³-hybridized carbons (Fsp3) is 0.0169. The molecule has 0 saturated heterocycles. The highest BCUT2D eigenvalue weighted by Gasteiger charge is 2.46. The van der Waals surface area contributed by atoms with Gasteiger partial charge in [-0.2, -0.15) is 0 Å². The summed E-state index contributed by atoms with van der Waals surface area (Å²) in [7, 11) is 0. The van der Waals surface area contributed by atoms with E-state index in [2.05, 4.69) is 218 Å². The number of nitrogens with zero attached hydrogens (tertiary/aromatic N) is 2. The van der Waals surface area contributed by atoms with E-state index in [0.717, 1.165) is 33.6 Å². The number of fused-ring (bicyclic) bond motifs is 3. The molecule has 1 aliphatic rings. The molecule has 1 aromatic heterocycles. The van der Waals surface area contributed by atoms with Crippen LogP contribution in [0.2, 0.25) is 0 Å². The Balaban J connectivity index is 1.11. The van der Waals surface area contributed by atoms with Crippen molar-refractivity contribution in [2.24, 2.45) is 0 Å². The summed E-state index contributed by atoms with van der Waals surface area (Å²) in [6.45, 7) is 0. The van der Waals surface area contributed by atoms with Gasteiger partial charge in [0.2, 0.25) is 0 Å². The molecule has 61 heavy (non-hydrogen) atoms. The van der Waals surface area contributed by atoms with Crippen LogP contribution in [0, 0.1) is 0 Å². The van der Waals surface area contributed by atoms with Gasteiger partial charge in [-0.05, 0) is 85.0 Å². The average Bonchev–Trinajstić information content (AvgIpc) is 3.65. The first-order chi connectivity index (χ1) is 30.2. The van der Waals surface area contributed by atoms with Gasteiger partial charge >= 0.3 is 0 Å². The van der Waals surface area contributed by atoms with Gasteiger partial charge in [-0.1, -0.05) is 224 Å². The van der Waals surface area contributed by atoms with Gasteiger partial charge in [0, 0.05) is 16.7 Å². The summed E-state index contributed by atoms with van der Waals surface area (Å²) in [6, 6.07) is 87.3. The molecule has 0 atom stereocenters. The Morgan fingerprint density at radius 1 is 0.246 bits per heavy atom. The maximum absolute atomic E-state index is 5.13. The van der Waals surface area contributed by atoms with Gasteiger partial charge in [0.05, 0.1) is 16.8 Å². The quantitative estimate of drug-likeness (QED) is 0.154. The molecule has 0 fully saturated rings. The number of aromatic nitrogens is 2. The third kappa shape index (κ3) is 6.37. The van der Waals surface area contributed by atoms with Crippen LogP contribution in [-0.4, -0.2) is 9.97 Å². The van der Waals surface area contributed by atoms with E-state index in [4.69, 9.17) is 9.97 Å². The summed E-state index contributed by atoms with van der Waals surface area (Å²) < 4.78 is 0. The molecular formula is C59H40N2. The normalized spacial score (nSPS) is 12.4. The van der Waals surface area contributed by atoms with Crippen LogP contribution in [0.4, 0.5) is 0 Å². The lowest BCUT2D eigenvalue weighted by atomic mass is 9.67. The Hall–Kier alpha value is -7.94. The average molecular weight is 777 g/mol. The zero-order valence-corrected chi connectivity index (χ0v) is 33.5. The molecular weight excluding hydrogens is 737 g/mol. The molecule has 0 spiro atoms. The van der Waals surface area contributed by atoms with Crippen LogP contribution in [-0.2, 0) is 5.41 Å². The molecule has 9 aromatic carbocycles. The van der Waals surface area contributed by atoms with E-state index < -0.39 is 5.41 Å². The molecule has 0 bridgehead atoms. The highest BCUT2D eigenvalue weighted by atomic mass is 14.9. The van der Waals surface area contributed by atoms with E-state index in [1.165, 1.54) is 61.2 Å². The van der Waals surface area contributed by atoms with Crippen LogP contribution in [0.15, 0.2) is 243 Å². The highest BCUT2D eigenvalue weighted by molar-refractivity contribution is 5.95. The number of hydrogen-bond acceptors (Lipinski definition) is 2. The summed E-state index contributed by atoms with van der Waals surface area (Å²) in [6.07, 6.45) is 0. The Bertz CT molecular complexity index is 3030. The largest absolute Gasteiger partial charge is 0.228 e. The summed E-state index contributed by atoms with van der Waals surface area (Å²) in [5.74, 6) is 0.708. The van der Waals surface area contributed by atoms with Crippen LogP contribution < -0.4 is 0 Å². The molecule has 0 amide bonds. The molecule has 0 aliphatic heterocycles. The second kappa shape index (κ2) is 15.3. The van der Waals surface area contributed by atoms with Crippen LogP contribution in [0.1, 0.15) is 22.3 Å². The van der Waals surface area contributed by atoms with Crippen molar-refractivity contribution in [1.82, 2.24) is 9.97 Å². The van der Waals surface area contributed by atoms with E-state index in [-0.39, 0.29) is 0 Å². The van der Waals surface area contributed by atoms with Crippen molar-refractivity contribution in [3.05, 3.63) is 265 Å². The number of benzene rings is 9. The van der Waals surface area contributed by atoms with Crippen molar-refractivity contribution < 1.29 is 0 Å². The molecule has 2 nitrogen and oxygen atoms in total. The number of rotatable bonds is 8. The summed E-state index contributed by atoms with van der Waals surface area (Å²) in [5, 5.41) is 0. The Labute approximate surface area is 357 Å². The number of hydrogen-bond donors (Lipinski definition) is 0.